The van der Waals surface area contributed by atoms with Gasteiger partial charge in [-0.15, -0.1) is 0 Å². The number of rotatable bonds is 9. The number of para-hydroxylation sites is 1. The number of unbranched alkanes of at least 4 members (excludes halogenated alkanes) is 2. The summed E-state index contributed by atoms with van der Waals surface area (Å²) in [6.45, 7) is 2.54. The zero-order valence-electron chi connectivity index (χ0n) is 12.0. The first-order chi connectivity index (χ1) is 9.72. The molecule has 1 aromatic rings. The number of esters is 2. The molecule has 0 aliphatic carbocycles. The Morgan fingerprint density at radius 2 is 1.60 bits per heavy atom. The molecule has 110 valence electrons. The second-order valence-corrected chi connectivity index (χ2v) is 4.57. The summed E-state index contributed by atoms with van der Waals surface area (Å²) in [6.07, 6.45) is 3.87. The molecule has 0 atom stereocenters. The van der Waals surface area contributed by atoms with E-state index in [1.165, 1.54) is 0 Å². The average Bonchev–Trinajstić information content (AvgIpc) is 2.45. The lowest BCUT2D eigenvalue weighted by molar-refractivity contribution is -0.144. The van der Waals surface area contributed by atoms with Gasteiger partial charge in [-0.1, -0.05) is 31.5 Å². The molecule has 0 aromatic heterocycles. The number of carbonyl (C=O) groups is 2. The molecule has 0 bridgehead atoms. The van der Waals surface area contributed by atoms with Crippen LogP contribution in [0.5, 0.6) is 5.75 Å². The first kappa shape index (κ1) is 16.2. The van der Waals surface area contributed by atoms with Crippen molar-refractivity contribution in [1.82, 2.24) is 0 Å². The van der Waals surface area contributed by atoms with Crippen LogP contribution < -0.4 is 4.74 Å². The summed E-state index contributed by atoms with van der Waals surface area (Å²) in [7, 11) is 0. The SMILES string of the molecule is CCCCOC(=O)CCCCC(=O)Oc1ccccc1. The highest BCUT2D eigenvalue weighted by molar-refractivity contribution is 5.72. The van der Waals surface area contributed by atoms with Crippen LogP contribution in [0.4, 0.5) is 0 Å². The Morgan fingerprint density at radius 1 is 0.950 bits per heavy atom. The summed E-state index contributed by atoms with van der Waals surface area (Å²) in [6, 6.07) is 8.97. The molecule has 0 unspecified atom stereocenters. The maximum atomic E-state index is 11.5. The summed E-state index contributed by atoms with van der Waals surface area (Å²) in [5.74, 6) is 0.0990. The van der Waals surface area contributed by atoms with Crippen LogP contribution in [0, 0.1) is 0 Å². The van der Waals surface area contributed by atoms with Gasteiger partial charge in [0.1, 0.15) is 5.75 Å². The number of hydrogen-bond donors (Lipinski definition) is 0. The van der Waals surface area contributed by atoms with E-state index in [1.54, 1.807) is 12.1 Å². The van der Waals surface area contributed by atoms with Gasteiger partial charge in [0.05, 0.1) is 6.61 Å². The van der Waals surface area contributed by atoms with Crippen molar-refractivity contribution < 1.29 is 19.1 Å². The first-order valence-corrected chi connectivity index (χ1v) is 7.13. The van der Waals surface area contributed by atoms with E-state index in [-0.39, 0.29) is 11.9 Å². The predicted octanol–water partition coefficient (Wildman–Crippen LogP) is 3.50. The maximum Gasteiger partial charge on any atom is 0.311 e. The molecular formula is C16H22O4. The highest BCUT2D eigenvalue weighted by Crippen LogP contribution is 2.10. The molecule has 0 heterocycles. The van der Waals surface area contributed by atoms with Crippen LogP contribution >= 0.6 is 0 Å². The summed E-state index contributed by atoms with van der Waals surface area (Å²) < 4.78 is 10.2. The van der Waals surface area contributed by atoms with E-state index in [0.29, 0.717) is 38.0 Å². The summed E-state index contributed by atoms with van der Waals surface area (Å²) >= 11 is 0. The normalized spacial score (nSPS) is 10.1. The van der Waals surface area contributed by atoms with E-state index in [1.807, 2.05) is 25.1 Å². The van der Waals surface area contributed by atoms with Crippen molar-refractivity contribution in [3.8, 4) is 5.75 Å². The highest BCUT2D eigenvalue weighted by Gasteiger charge is 2.06. The molecule has 0 N–H and O–H groups in total. The number of benzene rings is 1. The predicted molar refractivity (Wildman–Crippen MR) is 76.4 cm³/mol. The highest BCUT2D eigenvalue weighted by atomic mass is 16.5. The lowest BCUT2D eigenvalue weighted by atomic mass is 10.2. The van der Waals surface area contributed by atoms with Gasteiger partial charge in [0.2, 0.25) is 0 Å². The Balaban J connectivity index is 2.06. The zero-order valence-corrected chi connectivity index (χ0v) is 12.0. The molecule has 0 saturated carbocycles. The standard InChI is InChI=1S/C16H22O4/c1-2-3-13-19-15(17)11-7-8-12-16(18)20-14-9-5-4-6-10-14/h4-6,9-10H,2-3,7-8,11-13H2,1H3. The zero-order chi connectivity index (χ0) is 14.6. The Morgan fingerprint density at radius 3 is 2.25 bits per heavy atom. The third kappa shape index (κ3) is 7.56. The van der Waals surface area contributed by atoms with Gasteiger partial charge in [-0.3, -0.25) is 9.59 Å². The smallest absolute Gasteiger partial charge is 0.311 e. The lowest BCUT2D eigenvalue weighted by Gasteiger charge is -2.05. The van der Waals surface area contributed by atoms with E-state index in [0.717, 1.165) is 12.8 Å². The van der Waals surface area contributed by atoms with E-state index < -0.39 is 0 Å². The van der Waals surface area contributed by atoms with Gasteiger partial charge < -0.3 is 9.47 Å². The Bertz CT molecular complexity index is 400. The molecule has 0 amide bonds. The topological polar surface area (TPSA) is 52.6 Å². The fourth-order valence-electron chi connectivity index (χ4n) is 1.61. The van der Waals surface area contributed by atoms with E-state index in [4.69, 9.17) is 9.47 Å². The van der Waals surface area contributed by atoms with Crippen LogP contribution in [0.1, 0.15) is 45.4 Å². The summed E-state index contributed by atoms with van der Waals surface area (Å²) in [5, 5.41) is 0. The molecule has 0 fully saturated rings. The van der Waals surface area contributed by atoms with Gasteiger partial charge in [-0.25, -0.2) is 0 Å². The average molecular weight is 278 g/mol. The minimum atomic E-state index is -0.268. The molecule has 1 rings (SSSR count). The molecule has 0 spiro atoms. The van der Waals surface area contributed by atoms with Crippen molar-refractivity contribution in [3.05, 3.63) is 30.3 Å². The third-order valence-electron chi connectivity index (χ3n) is 2.75. The molecule has 4 nitrogen and oxygen atoms in total. The second kappa shape index (κ2) is 10.0. The minimum absolute atomic E-state index is 0.185. The van der Waals surface area contributed by atoms with Gasteiger partial charge in [-0.2, -0.15) is 0 Å². The van der Waals surface area contributed by atoms with Crippen molar-refractivity contribution in [3.63, 3.8) is 0 Å². The lowest BCUT2D eigenvalue weighted by Crippen LogP contribution is -2.09. The second-order valence-electron chi connectivity index (χ2n) is 4.57. The minimum Gasteiger partial charge on any atom is -0.466 e. The molecule has 0 saturated heterocycles. The number of ether oxygens (including phenoxy) is 2. The van der Waals surface area contributed by atoms with Gasteiger partial charge in [0.25, 0.3) is 0 Å². The van der Waals surface area contributed by atoms with E-state index in [9.17, 15) is 9.59 Å². The van der Waals surface area contributed by atoms with Crippen LogP contribution in [0.2, 0.25) is 0 Å². The summed E-state index contributed by atoms with van der Waals surface area (Å²) in [5.41, 5.74) is 0. The molecule has 1 aromatic carbocycles. The van der Waals surface area contributed by atoms with Crippen LogP contribution in [-0.2, 0) is 14.3 Å². The molecule has 20 heavy (non-hydrogen) atoms. The quantitative estimate of drug-likeness (QED) is 0.394. The fourth-order valence-corrected chi connectivity index (χ4v) is 1.61. The van der Waals surface area contributed by atoms with Crippen LogP contribution in [-0.4, -0.2) is 18.5 Å². The number of hydrogen-bond acceptors (Lipinski definition) is 4. The monoisotopic (exact) mass is 278 g/mol. The molecule has 0 aliphatic rings. The molecular weight excluding hydrogens is 256 g/mol. The summed E-state index contributed by atoms with van der Waals surface area (Å²) in [4.78, 5) is 22.8. The Kier molecular flexibility index (Phi) is 8.11. The molecule has 0 aliphatic heterocycles. The molecule has 0 radical (unpaired) electrons. The van der Waals surface area contributed by atoms with Crippen molar-refractivity contribution in [1.29, 1.82) is 0 Å². The largest absolute Gasteiger partial charge is 0.466 e. The van der Waals surface area contributed by atoms with Crippen LogP contribution in [0.25, 0.3) is 0 Å². The Labute approximate surface area is 120 Å². The van der Waals surface area contributed by atoms with Crippen LogP contribution in [0.15, 0.2) is 30.3 Å². The van der Waals surface area contributed by atoms with Gasteiger partial charge in [0.15, 0.2) is 0 Å². The number of carbonyl (C=O) groups excluding carboxylic acids is 2. The van der Waals surface area contributed by atoms with Crippen molar-refractivity contribution >= 4 is 11.9 Å². The fraction of sp³-hybridized carbons (Fsp3) is 0.500. The van der Waals surface area contributed by atoms with E-state index >= 15 is 0 Å². The van der Waals surface area contributed by atoms with Gasteiger partial charge >= 0.3 is 11.9 Å². The van der Waals surface area contributed by atoms with Gasteiger partial charge in [-0.05, 0) is 31.4 Å². The third-order valence-corrected chi connectivity index (χ3v) is 2.75. The first-order valence-electron chi connectivity index (χ1n) is 7.13. The van der Waals surface area contributed by atoms with Crippen molar-refractivity contribution in [2.24, 2.45) is 0 Å². The van der Waals surface area contributed by atoms with Gasteiger partial charge in [0, 0.05) is 12.8 Å². The van der Waals surface area contributed by atoms with Crippen molar-refractivity contribution in [2.75, 3.05) is 6.61 Å². The Hall–Kier alpha value is -1.84. The van der Waals surface area contributed by atoms with Crippen molar-refractivity contribution in [2.45, 2.75) is 45.4 Å². The van der Waals surface area contributed by atoms with E-state index in [2.05, 4.69) is 0 Å². The van der Waals surface area contributed by atoms with Crippen LogP contribution in [0.3, 0.4) is 0 Å². The molecule has 4 heteroatoms. The maximum absolute atomic E-state index is 11.5.